The van der Waals surface area contributed by atoms with Gasteiger partial charge in [0.05, 0.1) is 12.3 Å². The molecule has 1 fully saturated rings. The monoisotopic (exact) mass is 222 g/mol. The van der Waals surface area contributed by atoms with Gasteiger partial charge in [0.15, 0.2) is 0 Å². The van der Waals surface area contributed by atoms with Crippen LogP contribution in [0, 0.1) is 6.07 Å². The van der Waals surface area contributed by atoms with Gasteiger partial charge in [0.25, 0.3) is 0 Å². The van der Waals surface area contributed by atoms with Gasteiger partial charge >= 0.3 is 0 Å². The second-order valence-corrected chi connectivity index (χ2v) is 4.64. The zero-order valence-electron chi connectivity index (χ0n) is 9.55. The molecule has 1 aromatic rings. The Labute approximate surface area is 94.7 Å². The minimum absolute atomic E-state index is 0.0128. The summed E-state index contributed by atoms with van der Waals surface area (Å²) < 4.78 is 1.60. The van der Waals surface area contributed by atoms with Crippen LogP contribution in [-0.4, -0.2) is 44.9 Å². The Bertz CT molecular complexity index is 373. The zero-order chi connectivity index (χ0) is 11.8. The highest BCUT2D eigenvalue weighted by atomic mass is 16.3. The van der Waals surface area contributed by atoms with E-state index in [4.69, 9.17) is 0 Å². The largest absolute Gasteiger partial charge is 0.391 e. The summed E-state index contributed by atoms with van der Waals surface area (Å²) in [6.07, 6.45) is 3.47. The fraction of sp³-hybridized carbons (Fsp3) is 0.636. The molecule has 1 atom stereocenters. The van der Waals surface area contributed by atoms with Crippen LogP contribution >= 0.6 is 0 Å². The topological polar surface area (TPSA) is 58.4 Å². The van der Waals surface area contributed by atoms with Crippen molar-refractivity contribution in [2.45, 2.75) is 31.9 Å². The van der Waals surface area contributed by atoms with Crippen molar-refractivity contribution in [2.24, 2.45) is 0 Å². The summed E-state index contributed by atoms with van der Waals surface area (Å²) in [5, 5.41) is 13.5. The smallest absolute Gasteiger partial charge is 0.250 e. The number of rotatable bonds is 2. The molecule has 1 radical (unpaired) electrons. The second kappa shape index (κ2) is 3.90. The molecule has 2 heterocycles. The van der Waals surface area contributed by atoms with Gasteiger partial charge in [-0.2, -0.15) is 5.10 Å². The molecule has 87 valence electrons. The van der Waals surface area contributed by atoms with Gasteiger partial charge < -0.3 is 10.0 Å². The lowest BCUT2D eigenvalue weighted by Gasteiger charge is -2.29. The average molecular weight is 222 g/mol. The van der Waals surface area contributed by atoms with Gasteiger partial charge in [0.1, 0.15) is 5.54 Å². The Balaban J connectivity index is 2.15. The third-order valence-corrected chi connectivity index (χ3v) is 3.00. The Morgan fingerprint density at radius 3 is 2.88 bits per heavy atom. The maximum Gasteiger partial charge on any atom is 0.250 e. The first-order valence-corrected chi connectivity index (χ1v) is 5.40. The molecule has 1 saturated heterocycles. The Kier molecular flexibility index (Phi) is 2.71. The summed E-state index contributed by atoms with van der Waals surface area (Å²) in [6, 6.07) is 2.82. The molecule has 1 amide bonds. The van der Waals surface area contributed by atoms with E-state index in [1.807, 2.05) is 13.8 Å². The number of carbonyl (C=O) groups excluding carboxylic acids is 1. The third-order valence-electron chi connectivity index (χ3n) is 3.00. The van der Waals surface area contributed by atoms with Crippen LogP contribution in [0.1, 0.15) is 20.3 Å². The van der Waals surface area contributed by atoms with Crippen LogP contribution in [0.5, 0.6) is 0 Å². The number of hydrogen-bond acceptors (Lipinski definition) is 3. The van der Waals surface area contributed by atoms with E-state index in [0.29, 0.717) is 19.5 Å². The van der Waals surface area contributed by atoms with Crippen LogP contribution in [0.3, 0.4) is 0 Å². The second-order valence-electron chi connectivity index (χ2n) is 4.64. The number of hydrogen-bond donors (Lipinski definition) is 1. The van der Waals surface area contributed by atoms with E-state index in [1.165, 1.54) is 6.20 Å². The van der Waals surface area contributed by atoms with E-state index in [2.05, 4.69) is 11.2 Å². The van der Waals surface area contributed by atoms with Gasteiger partial charge in [0.2, 0.25) is 5.91 Å². The number of nitrogens with zero attached hydrogens (tertiary/aromatic N) is 3. The average Bonchev–Trinajstić information content (AvgIpc) is 2.86. The minimum atomic E-state index is -0.718. The molecule has 0 aromatic carbocycles. The molecule has 0 saturated carbocycles. The molecule has 0 bridgehead atoms. The van der Waals surface area contributed by atoms with Gasteiger partial charge in [-0.1, -0.05) is 0 Å². The molecule has 1 aliphatic heterocycles. The highest BCUT2D eigenvalue weighted by Crippen LogP contribution is 2.20. The number of amides is 1. The van der Waals surface area contributed by atoms with Crippen molar-refractivity contribution in [3.8, 4) is 0 Å². The predicted octanol–water partition coefficient (Wildman–Crippen LogP) is 0.0116. The molecule has 1 aliphatic rings. The first kappa shape index (κ1) is 11.1. The standard InChI is InChI=1S/C11H16N3O2/c1-11(2,14-6-3-5-12-14)10(16)13-7-4-9(15)8-13/h5-6,9,15H,4,7-8H2,1-2H3. The van der Waals surface area contributed by atoms with Crippen LogP contribution in [-0.2, 0) is 10.3 Å². The van der Waals surface area contributed by atoms with Crippen molar-refractivity contribution in [1.82, 2.24) is 14.7 Å². The number of aliphatic hydroxyl groups is 1. The van der Waals surface area contributed by atoms with Crippen LogP contribution < -0.4 is 0 Å². The van der Waals surface area contributed by atoms with E-state index in [9.17, 15) is 9.90 Å². The molecular formula is C11H16N3O2. The molecular weight excluding hydrogens is 206 g/mol. The molecule has 1 aromatic heterocycles. The lowest BCUT2D eigenvalue weighted by molar-refractivity contribution is -0.139. The molecule has 16 heavy (non-hydrogen) atoms. The lowest BCUT2D eigenvalue weighted by Crippen LogP contribution is -2.46. The minimum Gasteiger partial charge on any atom is -0.391 e. The number of aromatic nitrogens is 2. The van der Waals surface area contributed by atoms with E-state index in [1.54, 1.807) is 15.8 Å². The van der Waals surface area contributed by atoms with E-state index in [0.717, 1.165) is 0 Å². The highest BCUT2D eigenvalue weighted by Gasteiger charge is 2.37. The predicted molar refractivity (Wildman–Crippen MR) is 57.6 cm³/mol. The normalized spacial score (nSPS) is 21.4. The van der Waals surface area contributed by atoms with Gasteiger partial charge in [-0.05, 0) is 20.3 Å². The van der Waals surface area contributed by atoms with Crippen molar-refractivity contribution in [2.75, 3.05) is 13.1 Å². The zero-order valence-corrected chi connectivity index (χ0v) is 9.55. The van der Waals surface area contributed by atoms with E-state index >= 15 is 0 Å². The summed E-state index contributed by atoms with van der Waals surface area (Å²) >= 11 is 0. The highest BCUT2D eigenvalue weighted by molar-refractivity contribution is 5.83. The van der Waals surface area contributed by atoms with Crippen molar-refractivity contribution < 1.29 is 9.90 Å². The molecule has 2 rings (SSSR count). The van der Waals surface area contributed by atoms with Gasteiger partial charge in [-0.15, -0.1) is 0 Å². The number of carbonyl (C=O) groups is 1. The quantitative estimate of drug-likeness (QED) is 0.767. The van der Waals surface area contributed by atoms with Gasteiger partial charge in [-0.25, -0.2) is 0 Å². The molecule has 1 N–H and O–H groups in total. The number of aliphatic hydroxyl groups excluding tert-OH is 1. The van der Waals surface area contributed by atoms with E-state index in [-0.39, 0.29) is 12.0 Å². The van der Waals surface area contributed by atoms with Gasteiger partial charge in [0, 0.05) is 25.4 Å². The summed E-state index contributed by atoms with van der Waals surface area (Å²) in [7, 11) is 0. The maximum absolute atomic E-state index is 12.3. The fourth-order valence-electron chi connectivity index (χ4n) is 1.95. The summed E-state index contributed by atoms with van der Waals surface area (Å²) in [6.45, 7) is 4.68. The van der Waals surface area contributed by atoms with Crippen LogP contribution in [0.15, 0.2) is 12.4 Å². The maximum atomic E-state index is 12.3. The van der Waals surface area contributed by atoms with Crippen LogP contribution in [0.4, 0.5) is 0 Å². The summed E-state index contributed by atoms with van der Waals surface area (Å²) in [5.74, 6) is -0.0128. The van der Waals surface area contributed by atoms with Crippen LogP contribution in [0.2, 0.25) is 0 Å². The third kappa shape index (κ3) is 1.82. The SMILES string of the molecule is CC(C)(C(=O)N1CCC(O)C1)n1c[c]cn1. The molecule has 5 nitrogen and oxygen atoms in total. The molecule has 1 unspecified atom stereocenters. The van der Waals surface area contributed by atoms with Crippen molar-refractivity contribution in [1.29, 1.82) is 0 Å². The Hall–Kier alpha value is -1.36. The first-order chi connectivity index (χ1) is 7.51. The van der Waals surface area contributed by atoms with Crippen molar-refractivity contribution in [3.05, 3.63) is 18.5 Å². The Morgan fingerprint density at radius 1 is 1.62 bits per heavy atom. The molecule has 0 aliphatic carbocycles. The first-order valence-electron chi connectivity index (χ1n) is 5.40. The van der Waals surface area contributed by atoms with E-state index < -0.39 is 5.54 Å². The number of likely N-dealkylation sites (tertiary alicyclic amines) is 1. The molecule has 5 heteroatoms. The summed E-state index contributed by atoms with van der Waals surface area (Å²) in [4.78, 5) is 13.9. The molecule has 0 spiro atoms. The van der Waals surface area contributed by atoms with Crippen LogP contribution in [0.25, 0.3) is 0 Å². The lowest BCUT2D eigenvalue weighted by atomic mass is 10.0. The fourth-order valence-corrected chi connectivity index (χ4v) is 1.95. The summed E-state index contributed by atoms with van der Waals surface area (Å²) in [5.41, 5.74) is -0.718. The number of β-amino-alcohol motifs (C(OH)–C–C–N with tert-alkyl or cyclic N) is 1. The van der Waals surface area contributed by atoms with Crippen molar-refractivity contribution in [3.63, 3.8) is 0 Å². The van der Waals surface area contributed by atoms with Crippen molar-refractivity contribution >= 4 is 5.91 Å². The van der Waals surface area contributed by atoms with Gasteiger partial charge in [-0.3, -0.25) is 9.48 Å². The Morgan fingerprint density at radius 2 is 2.38 bits per heavy atom.